The van der Waals surface area contributed by atoms with Crippen molar-refractivity contribution in [2.45, 2.75) is 6.23 Å². The van der Waals surface area contributed by atoms with E-state index < -0.39 is 17.9 Å². The minimum atomic E-state index is -1.61. The fourth-order valence-electron chi connectivity index (χ4n) is 1.65. The SMILES string of the molecule is O=C(N[C@H](O)C(=O)c1ccc(Cl)cc1)c1ccc(Br)cc1. The molecule has 6 heteroatoms. The van der Waals surface area contributed by atoms with E-state index in [0.717, 1.165) is 4.47 Å². The highest BCUT2D eigenvalue weighted by atomic mass is 79.9. The van der Waals surface area contributed by atoms with Gasteiger partial charge in [-0.3, -0.25) is 9.59 Å². The van der Waals surface area contributed by atoms with Crippen LogP contribution in [-0.4, -0.2) is 23.0 Å². The number of hydrogen-bond acceptors (Lipinski definition) is 3. The van der Waals surface area contributed by atoms with E-state index in [1.54, 1.807) is 24.3 Å². The Kier molecular flexibility index (Phi) is 5.12. The molecule has 2 N–H and O–H groups in total. The third-order valence-electron chi connectivity index (χ3n) is 2.75. The van der Waals surface area contributed by atoms with Gasteiger partial charge in [0.15, 0.2) is 6.23 Å². The van der Waals surface area contributed by atoms with Gasteiger partial charge in [-0.15, -0.1) is 0 Å². The smallest absolute Gasteiger partial charge is 0.253 e. The summed E-state index contributed by atoms with van der Waals surface area (Å²) in [4.78, 5) is 23.9. The van der Waals surface area contributed by atoms with Crippen molar-refractivity contribution in [1.82, 2.24) is 5.32 Å². The fraction of sp³-hybridized carbons (Fsp3) is 0.0667. The molecule has 0 aliphatic rings. The van der Waals surface area contributed by atoms with Gasteiger partial charge in [-0.05, 0) is 48.5 Å². The minimum absolute atomic E-state index is 0.267. The van der Waals surface area contributed by atoms with Crippen LogP contribution in [0.1, 0.15) is 20.7 Å². The van der Waals surface area contributed by atoms with Crippen LogP contribution in [0.5, 0.6) is 0 Å². The van der Waals surface area contributed by atoms with E-state index in [0.29, 0.717) is 10.6 Å². The second-order valence-corrected chi connectivity index (χ2v) is 5.61. The van der Waals surface area contributed by atoms with Gasteiger partial charge in [0.25, 0.3) is 5.91 Å². The van der Waals surface area contributed by atoms with E-state index in [2.05, 4.69) is 21.2 Å². The van der Waals surface area contributed by atoms with Crippen molar-refractivity contribution >= 4 is 39.2 Å². The molecule has 4 nitrogen and oxygen atoms in total. The highest BCUT2D eigenvalue weighted by Gasteiger charge is 2.19. The number of nitrogens with one attached hydrogen (secondary N) is 1. The van der Waals surface area contributed by atoms with Crippen molar-refractivity contribution in [2.75, 3.05) is 0 Å². The molecule has 108 valence electrons. The number of carbonyl (C=O) groups excluding carboxylic acids is 2. The number of hydrogen-bond donors (Lipinski definition) is 2. The monoisotopic (exact) mass is 367 g/mol. The number of ketones is 1. The highest BCUT2D eigenvalue weighted by Crippen LogP contribution is 2.12. The largest absolute Gasteiger partial charge is 0.367 e. The van der Waals surface area contributed by atoms with E-state index in [1.165, 1.54) is 24.3 Å². The number of rotatable bonds is 4. The normalized spacial score (nSPS) is 11.8. The third kappa shape index (κ3) is 4.14. The van der Waals surface area contributed by atoms with Gasteiger partial charge in [0.1, 0.15) is 0 Å². The van der Waals surface area contributed by atoms with Crippen LogP contribution in [0.2, 0.25) is 5.02 Å². The lowest BCUT2D eigenvalue weighted by molar-refractivity contribution is 0.0607. The molecular weight excluding hydrogens is 358 g/mol. The Balaban J connectivity index is 2.05. The van der Waals surface area contributed by atoms with Crippen LogP contribution in [0.4, 0.5) is 0 Å². The number of benzene rings is 2. The van der Waals surface area contributed by atoms with Crippen LogP contribution in [0.25, 0.3) is 0 Å². The van der Waals surface area contributed by atoms with Crippen LogP contribution in [-0.2, 0) is 0 Å². The van der Waals surface area contributed by atoms with Crippen molar-refractivity contribution in [3.05, 3.63) is 69.2 Å². The zero-order valence-electron chi connectivity index (χ0n) is 10.7. The molecule has 0 heterocycles. The number of aliphatic hydroxyl groups is 1. The molecule has 0 spiro atoms. The third-order valence-corrected chi connectivity index (χ3v) is 3.53. The van der Waals surface area contributed by atoms with Gasteiger partial charge < -0.3 is 10.4 Å². The van der Waals surface area contributed by atoms with Gasteiger partial charge in [-0.25, -0.2) is 0 Å². The maximum Gasteiger partial charge on any atom is 0.253 e. The Labute approximate surface area is 134 Å². The average Bonchev–Trinajstić information content (AvgIpc) is 2.47. The van der Waals surface area contributed by atoms with E-state index in [1.807, 2.05) is 0 Å². The molecule has 2 rings (SSSR count). The summed E-state index contributed by atoms with van der Waals surface area (Å²) in [6, 6.07) is 12.6. The van der Waals surface area contributed by atoms with E-state index in [-0.39, 0.29) is 5.56 Å². The molecule has 2 aromatic carbocycles. The second-order valence-electron chi connectivity index (χ2n) is 4.25. The van der Waals surface area contributed by atoms with Crippen LogP contribution >= 0.6 is 27.5 Å². The van der Waals surface area contributed by atoms with Gasteiger partial charge in [0.05, 0.1) is 0 Å². The van der Waals surface area contributed by atoms with Crippen molar-refractivity contribution < 1.29 is 14.7 Å². The molecule has 0 aromatic heterocycles. The van der Waals surface area contributed by atoms with Crippen LogP contribution in [0.3, 0.4) is 0 Å². The van der Waals surface area contributed by atoms with E-state index in [4.69, 9.17) is 11.6 Å². The summed E-state index contributed by atoms with van der Waals surface area (Å²) < 4.78 is 0.830. The summed E-state index contributed by atoms with van der Waals surface area (Å²) in [5.41, 5.74) is 0.615. The summed E-state index contributed by atoms with van der Waals surface area (Å²) in [5.74, 6) is -1.13. The topological polar surface area (TPSA) is 66.4 Å². The summed E-state index contributed by atoms with van der Waals surface area (Å²) >= 11 is 8.98. The number of amides is 1. The maximum atomic E-state index is 12.0. The second kappa shape index (κ2) is 6.85. The number of carbonyl (C=O) groups is 2. The summed E-state index contributed by atoms with van der Waals surface area (Å²) in [5, 5.41) is 12.5. The maximum absolute atomic E-state index is 12.0. The first-order chi connectivity index (χ1) is 9.97. The Morgan fingerprint density at radius 3 is 2.10 bits per heavy atom. The molecule has 21 heavy (non-hydrogen) atoms. The lowest BCUT2D eigenvalue weighted by Crippen LogP contribution is -2.40. The van der Waals surface area contributed by atoms with Crippen molar-refractivity contribution in [2.24, 2.45) is 0 Å². The first kappa shape index (κ1) is 15.7. The first-order valence-electron chi connectivity index (χ1n) is 6.01. The molecule has 0 saturated carbocycles. The Morgan fingerprint density at radius 2 is 1.52 bits per heavy atom. The predicted octanol–water partition coefficient (Wildman–Crippen LogP) is 3.03. The van der Waals surface area contributed by atoms with Crippen LogP contribution in [0.15, 0.2) is 53.0 Å². The van der Waals surface area contributed by atoms with Gasteiger partial charge in [-0.1, -0.05) is 27.5 Å². The average molecular weight is 369 g/mol. The molecule has 0 aliphatic heterocycles. The Hall–Kier alpha value is -1.69. The zero-order valence-corrected chi connectivity index (χ0v) is 13.1. The predicted molar refractivity (Wildman–Crippen MR) is 83.4 cm³/mol. The van der Waals surface area contributed by atoms with Crippen molar-refractivity contribution in [1.29, 1.82) is 0 Å². The summed E-state index contributed by atoms with van der Waals surface area (Å²) in [6.07, 6.45) is -1.61. The minimum Gasteiger partial charge on any atom is -0.367 e. The Bertz CT molecular complexity index is 656. The molecule has 1 atom stereocenters. The highest BCUT2D eigenvalue weighted by molar-refractivity contribution is 9.10. The fourth-order valence-corrected chi connectivity index (χ4v) is 2.04. The first-order valence-corrected chi connectivity index (χ1v) is 7.19. The molecule has 0 saturated heterocycles. The molecular formula is C15H11BrClNO3. The number of Topliss-reactive ketones (excluding diaryl/α,β-unsaturated/α-hetero) is 1. The lowest BCUT2D eigenvalue weighted by atomic mass is 10.1. The lowest BCUT2D eigenvalue weighted by Gasteiger charge is -2.12. The van der Waals surface area contributed by atoms with E-state index in [9.17, 15) is 14.7 Å². The number of aliphatic hydroxyl groups excluding tert-OH is 1. The van der Waals surface area contributed by atoms with Gasteiger partial charge >= 0.3 is 0 Å². The summed E-state index contributed by atoms with van der Waals surface area (Å²) in [6.45, 7) is 0. The molecule has 0 aliphatic carbocycles. The van der Waals surface area contributed by atoms with Gasteiger partial charge in [0.2, 0.25) is 5.78 Å². The molecule has 1 amide bonds. The van der Waals surface area contributed by atoms with Crippen LogP contribution < -0.4 is 5.32 Å². The molecule has 2 aromatic rings. The quantitative estimate of drug-likeness (QED) is 0.644. The molecule has 0 fully saturated rings. The van der Waals surface area contributed by atoms with Crippen molar-refractivity contribution in [3.8, 4) is 0 Å². The van der Waals surface area contributed by atoms with E-state index >= 15 is 0 Å². The molecule has 0 radical (unpaired) electrons. The number of halogens is 2. The van der Waals surface area contributed by atoms with Crippen LogP contribution in [0, 0.1) is 0 Å². The molecule has 0 unspecified atom stereocenters. The zero-order chi connectivity index (χ0) is 15.4. The van der Waals surface area contributed by atoms with Crippen molar-refractivity contribution in [3.63, 3.8) is 0 Å². The standard InChI is InChI=1S/C15H11BrClNO3/c16-11-5-1-10(2-6-11)14(20)18-15(21)13(19)9-3-7-12(17)8-4-9/h1-8,15,21H,(H,18,20)/t15-/m1/s1. The Morgan fingerprint density at radius 1 is 1.00 bits per heavy atom. The van der Waals surface area contributed by atoms with Gasteiger partial charge in [-0.2, -0.15) is 0 Å². The molecule has 0 bridgehead atoms. The summed E-state index contributed by atoms with van der Waals surface area (Å²) in [7, 11) is 0. The van der Waals surface area contributed by atoms with Gasteiger partial charge in [0, 0.05) is 20.6 Å².